The Morgan fingerprint density at radius 3 is 2.41 bits per heavy atom. The molecule has 1 atom stereocenters. The van der Waals surface area contributed by atoms with Gasteiger partial charge < -0.3 is 10.4 Å². The Kier molecular flexibility index (Phi) is 4.98. The zero-order valence-corrected chi connectivity index (χ0v) is 13.6. The normalized spacial score (nSPS) is 12.2. The third-order valence-electron chi connectivity index (χ3n) is 3.62. The molecule has 1 unspecified atom stereocenters. The number of carbonyl (C=O) groups excluding carboxylic acids is 1. The minimum absolute atomic E-state index is 0.0704. The van der Waals surface area contributed by atoms with Crippen LogP contribution in [0.4, 0.5) is 0 Å². The number of rotatable bonds is 5. The van der Waals surface area contributed by atoms with Crippen molar-refractivity contribution in [2.24, 2.45) is 0 Å². The van der Waals surface area contributed by atoms with Crippen LogP contribution in [-0.4, -0.2) is 33.4 Å². The molecule has 5 heteroatoms. The largest absolute Gasteiger partial charge is 0.394 e. The van der Waals surface area contributed by atoms with Crippen LogP contribution in [0.25, 0.3) is 5.69 Å². The highest BCUT2D eigenvalue weighted by Crippen LogP contribution is 2.16. The number of hydrogen-bond donors (Lipinski definition) is 2. The van der Waals surface area contributed by atoms with Crippen molar-refractivity contribution in [3.05, 3.63) is 46.8 Å². The Morgan fingerprint density at radius 2 is 1.86 bits per heavy atom. The predicted octanol–water partition coefficient (Wildman–Crippen LogP) is 2.30. The van der Waals surface area contributed by atoms with E-state index in [0.717, 1.165) is 22.5 Å². The number of aliphatic hydroxyl groups excluding tert-OH is 1. The van der Waals surface area contributed by atoms with Crippen LogP contribution in [0, 0.1) is 20.8 Å². The zero-order chi connectivity index (χ0) is 16.3. The van der Waals surface area contributed by atoms with Gasteiger partial charge in [-0.1, -0.05) is 13.0 Å². The fraction of sp³-hybridized carbons (Fsp3) is 0.412. The van der Waals surface area contributed by atoms with Gasteiger partial charge >= 0.3 is 0 Å². The average molecular weight is 301 g/mol. The first kappa shape index (κ1) is 16.2. The summed E-state index contributed by atoms with van der Waals surface area (Å²) < 4.78 is 1.77. The van der Waals surface area contributed by atoms with E-state index in [9.17, 15) is 9.90 Å². The second kappa shape index (κ2) is 6.75. The fourth-order valence-corrected chi connectivity index (χ4v) is 2.46. The number of hydrogen-bond acceptors (Lipinski definition) is 3. The number of amides is 1. The smallest absolute Gasteiger partial charge is 0.272 e. The van der Waals surface area contributed by atoms with Crippen molar-refractivity contribution in [1.82, 2.24) is 15.1 Å². The second-order valence-corrected chi connectivity index (χ2v) is 5.69. The van der Waals surface area contributed by atoms with Crippen LogP contribution in [-0.2, 0) is 0 Å². The number of carbonyl (C=O) groups is 1. The number of nitrogens with zero attached hydrogens (tertiary/aromatic N) is 2. The number of aliphatic hydroxyl groups is 1. The lowest BCUT2D eigenvalue weighted by Crippen LogP contribution is -2.37. The van der Waals surface area contributed by atoms with E-state index in [1.54, 1.807) is 10.7 Å². The highest BCUT2D eigenvalue weighted by atomic mass is 16.3. The Hall–Kier alpha value is -2.14. The van der Waals surface area contributed by atoms with Crippen LogP contribution in [0.2, 0.25) is 0 Å². The van der Waals surface area contributed by atoms with Crippen LogP contribution < -0.4 is 5.32 Å². The minimum atomic E-state index is -0.257. The van der Waals surface area contributed by atoms with Gasteiger partial charge in [-0.3, -0.25) is 4.79 Å². The third-order valence-corrected chi connectivity index (χ3v) is 3.62. The minimum Gasteiger partial charge on any atom is -0.394 e. The van der Waals surface area contributed by atoms with Gasteiger partial charge in [-0.2, -0.15) is 5.10 Å². The molecule has 22 heavy (non-hydrogen) atoms. The van der Waals surface area contributed by atoms with Crippen molar-refractivity contribution in [2.75, 3.05) is 6.61 Å². The molecule has 0 aliphatic carbocycles. The molecule has 0 aliphatic heterocycles. The molecule has 1 amide bonds. The van der Waals surface area contributed by atoms with Gasteiger partial charge in [0.05, 0.1) is 18.3 Å². The van der Waals surface area contributed by atoms with Gasteiger partial charge in [0.1, 0.15) is 0 Å². The summed E-state index contributed by atoms with van der Waals surface area (Å²) in [5, 5.41) is 16.4. The second-order valence-electron chi connectivity index (χ2n) is 5.69. The molecular weight excluding hydrogens is 278 g/mol. The standard InChI is InChI=1S/C17H23N3O2/c1-5-14(10-21)18-17(22)16-9-13(4)20(19-16)15-7-11(2)6-12(3)8-15/h6-9,14,21H,5,10H2,1-4H3,(H,18,22). The van der Waals surface area contributed by atoms with E-state index >= 15 is 0 Å². The topological polar surface area (TPSA) is 67.2 Å². The number of nitrogens with one attached hydrogen (secondary N) is 1. The van der Waals surface area contributed by atoms with E-state index in [0.29, 0.717) is 12.1 Å². The number of benzene rings is 1. The molecule has 0 bridgehead atoms. The molecule has 0 saturated heterocycles. The van der Waals surface area contributed by atoms with Crippen LogP contribution >= 0.6 is 0 Å². The van der Waals surface area contributed by atoms with Crippen molar-refractivity contribution >= 4 is 5.91 Å². The van der Waals surface area contributed by atoms with E-state index in [-0.39, 0.29) is 18.6 Å². The monoisotopic (exact) mass is 301 g/mol. The first-order chi connectivity index (χ1) is 10.4. The molecule has 0 radical (unpaired) electrons. The predicted molar refractivity (Wildman–Crippen MR) is 86.4 cm³/mol. The van der Waals surface area contributed by atoms with Crippen LogP contribution in [0.15, 0.2) is 24.3 Å². The summed E-state index contributed by atoms with van der Waals surface area (Å²) in [7, 11) is 0. The Bertz CT molecular complexity index is 652. The quantitative estimate of drug-likeness (QED) is 0.890. The molecule has 1 heterocycles. The van der Waals surface area contributed by atoms with Gasteiger partial charge in [0.25, 0.3) is 5.91 Å². The molecule has 0 aliphatic rings. The molecule has 2 aromatic rings. The third kappa shape index (κ3) is 3.54. The molecule has 1 aromatic heterocycles. The van der Waals surface area contributed by atoms with E-state index in [4.69, 9.17) is 0 Å². The van der Waals surface area contributed by atoms with Gasteiger partial charge in [-0.25, -0.2) is 4.68 Å². The van der Waals surface area contributed by atoms with E-state index < -0.39 is 0 Å². The van der Waals surface area contributed by atoms with Crippen LogP contribution in [0.1, 0.15) is 40.7 Å². The average Bonchev–Trinajstić information content (AvgIpc) is 2.85. The van der Waals surface area contributed by atoms with Crippen molar-refractivity contribution < 1.29 is 9.90 Å². The van der Waals surface area contributed by atoms with Gasteiger partial charge in [0.2, 0.25) is 0 Å². The maximum Gasteiger partial charge on any atom is 0.272 e. The van der Waals surface area contributed by atoms with Crippen molar-refractivity contribution in [2.45, 2.75) is 40.2 Å². The molecule has 0 saturated carbocycles. The lowest BCUT2D eigenvalue weighted by atomic mass is 10.1. The Morgan fingerprint density at radius 1 is 1.23 bits per heavy atom. The summed E-state index contributed by atoms with van der Waals surface area (Å²) in [5.74, 6) is -0.257. The lowest BCUT2D eigenvalue weighted by molar-refractivity contribution is 0.0909. The molecule has 2 N–H and O–H groups in total. The van der Waals surface area contributed by atoms with Gasteiger partial charge in [0.15, 0.2) is 5.69 Å². The first-order valence-corrected chi connectivity index (χ1v) is 7.51. The molecular formula is C17H23N3O2. The maximum absolute atomic E-state index is 12.2. The summed E-state index contributed by atoms with van der Waals surface area (Å²) in [6.07, 6.45) is 0.680. The van der Waals surface area contributed by atoms with E-state index in [1.165, 1.54) is 0 Å². The molecule has 2 rings (SSSR count). The SMILES string of the molecule is CCC(CO)NC(=O)c1cc(C)n(-c2cc(C)cc(C)c2)n1. The zero-order valence-electron chi connectivity index (χ0n) is 13.6. The Labute approximate surface area is 131 Å². The maximum atomic E-state index is 12.2. The molecule has 5 nitrogen and oxygen atoms in total. The molecule has 0 spiro atoms. The summed E-state index contributed by atoms with van der Waals surface area (Å²) in [6.45, 7) is 7.84. The number of aryl methyl sites for hydroxylation is 3. The highest BCUT2D eigenvalue weighted by molar-refractivity contribution is 5.92. The van der Waals surface area contributed by atoms with Crippen molar-refractivity contribution in [3.8, 4) is 5.69 Å². The molecule has 118 valence electrons. The van der Waals surface area contributed by atoms with Gasteiger partial charge in [-0.05, 0) is 56.5 Å². The van der Waals surface area contributed by atoms with Gasteiger partial charge in [0, 0.05) is 5.69 Å². The molecule has 1 aromatic carbocycles. The summed E-state index contributed by atoms with van der Waals surface area (Å²) in [6, 6.07) is 7.70. The fourth-order valence-electron chi connectivity index (χ4n) is 2.46. The van der Waals surface area contributed by atoms with Crippen molar-refractivity contribution in [1.29, 1.82) is 0 Å². The summed E-state index contributed by atoms with van der Waals surface area (Å²) in [5.41, 5.74) is 4.52. The van der Waals surface area contributed by atoms with Crippen molar-refractivity contribution in [3.63, 3.8) is 0 Å². The van der Waals surface area contributed by atoms with E-state index in [1.807, 2.05) is 39.8 Å². The summed E-state index contributed by atoms with van der Waals surface area (Å²) >= 11 is 0. The van der Waals surface area contributed by atoms with Crippen LogP contribution in [0.3, 0.4) is 0 Å². The molecule has 0 fully saturated rings. The Balaban J connectivity index is 2.29. The van der Waals surface area contributed by atoms with Gasteiger partial charge in [-0.15, -0.1) is 0 Å². The number of aromatic nitrogens is 2. The first-order valence-electron chi connectivity index (χ1n) is 7.51. The van der Waals surface area contributed by atoms with Crippen LogP contribution in [0.5, 0.6) is 0 Å². The lowest BCUT2D eigenvalue weighted by Gasteiger charge is -2.12. The highest BCUT2D eigenvalue weighted by Gasteiger charge is 2.16. The summed E-state index contributed by atoms with van der Waals surface area (Å²) in [4.78, 5) is 12.2. The van der Waals surface area contributed by atoms with E-state index in [2.05, 4.69) is 16.5 Å².